The van der Waals surface area contributed by atoms with Gasteiger partial charge in [-0.1, -0.05) is 44.4 Å². The van der Waals surface area contributed by atoms with E-state index in [1.54, 1.807) is 13.1 Å². The van der Waals surface area contributed by atoms with Crippen LogP contribution in [0.5, 0.6) is 0 Å². The zero-order valence-electron chi connectivity index (χ0n) is 10.1. The van der Waals surface area contributed by atoms with Crippen molar-refractivity contribution in [2.75, 3.05) is 7.05 Å². The SMILES string of the molecule is C=CC(=NC)C(C)C(=C)/C=C\CC(=C)C. The van der Waals surface area contributed by atoms with E-state index in [1.165, 1.54) is 0 Å². The molecule has 0 spiro atoms. The van der Waals surface area contributed by atoms with Crippen LogP contribution in [0.3, 0.4) is 0 Å². The summed E-state index contributed by atoms with van der Waals surface area (Å²) in [5.41, 5.74) is 3.18. The van der Waals surface area contributed by atoms with Gasteiger partial charge in [-0.3, -0.25) is 4.99 Å². The van der Waals surface area contributed by atoms with E-state index in [9.17, 15) is 0 Å². The van der Waals surface area contributed by atoms with Crippen LogP contribution in [0, 0.1) is 5.92 Å². The van der Waals surface area contributed by atoms with Crippen LogP contribution in [0.25, 0.3) is 0 Å². The molecule has 0 N–H and O–H groups in total. The number of nitrogens with zero attached hydrogens (tertiary/aromatic N) is 1. The second-order valence-electron chi connectivity index (χ2n) is 3.71. The molecule has 1 heteroatoms. The van der Waals surface area contributed by atoms with Gasteiger partial charge in [0.1, 0.15) is 0 Å². The third-order valence-electron chi connectivity index (χ3n) is 2.27. The average Bonchev–Trinajstić information content (AvgIpc) is 2.18. The van der Waals surface area contributed by atoms with Crippen molar-refractivity contribution in [2.45, 2.75) is 20.3 Å². The van der Waals surface area contributed by atoms with Gasteiger partial charge in [0, 0.05) is 18.7 Å². The quantitative estimate of drug-likeness (QED) is 0.352. The molecule has 0 saturated carbocycles. The summed E-state index contributed by atoms with van der Waals surface area (Å²) in [5.74, 6) is 0.230. The summed E-state index contributed by atoms with van der Waals surface area (Å²) < 4.78 is 0. The molecule has 0 rings (SSSR count). The number of aliphatic imine (C=N–C) groups is 1. The van der Waals surface area contributed by atoms with Gasteiger partial charge in [-0.15, -0.1) is 0 Å². The zero-order valence-corrected chi connectivity index (χ0v) is 10.1. The summed E-state index contributed by atoms with van der Waals surface area (Å²) in [4.78, 5) is 4.16. The molecule has 0 fully saturated rings. The van der Waals surface area contributed by atoms with Crippen molar-refractivity contribution in [3.8, 4) is 0 Å². The Kier molecular flexibility index (Phi) is 6.35. The van der Waals surface area contributed by atoms with Gasteiger partial charge < -0.3 is 0 Å². The predicted molar refractivity (Wildman–Crippen MR) is 70.4 cm³/mol. The highest BCUT2D eigenvalue weighted by Crippen LogP contribution is 2.13. The normalized spacial score (nSPS) is 13.9. The Morgan fingerprint density at radius 1 is 1.40 bits per heavy atom. The number of hydrogen-bond acceptors (Lipinski definition) is 1. The van der Waals surface area contributed by atoms with E-state index in [4.69, 9.17) is 0 Å². The molecule has 0 aliphatic heterocycles. The van der Waals surface area contributed by atoms with E-state index in [1.807, 2.05) is 13.0 Å². The average molecular weight is 203 g/mol. The minimum absolute atomic E-state index is 0.230. The van der Waals surface area contributed by atoms with Crippen LogP contribution in [0.4, 0.5) is 0 Å². The molecule has 1 nitrogen and oxygen atoms in total. The molecule has 0 aliphatic carbocycles. The molecule has 0 saturated heterocycles. The molecule has 1 atom stereocenters. The molecule has 0 aromatic heterocycles. The van der Waals surface area contributed by atoms with Crippen molar-refractivity contribution in [1.29, 1.82) is 0 Å². The second kappa shape index (κ2) is 6.99. The highest BCUT2D eigenvalue weighted by atomic mass is 14.7. The molecular weight excluding hydrogens is 182 g/mol. The van der Waals surface area contributed by atoms with Gasteiger partial charge in [-0.05, 0) is 25.0 Å². The van der Waals surface area contributed by atoms with Gasteiger partial charge >= 0.3 is 0 Å². The Bertz CT molecular complexity index is 305. The maximum Gasteiger partial charge on any atom is 0.0410 e. The molecule has 0 bridgehead atoms. The van der Waals surface area contributed by atoms with Gasteiger partial charge in [-0.25, -0.2) is 0 Å². The lowest BCUT2D eigenvalue weighted by Gasteiger charge is -2.11. The first-order valence-corrected chi connectivity index (χ1v) is 5.11. The summed E-state index contributed by atoms with van der Waals surface area (Å²) >= 11 is 0. The zero-order chi connectivity index (χ0) is 11.8. The number of hydrogen-bond donors (Lipinski definition) is 0. The summed E-state index contributed by atoms with van der Waals surface area (Å²) in [6.45, 7) is 15.7. The van der Waals surface area contributed by atoms with Crippen LogP contribution in [-0.4, -0.2) is 12.8 Å². The molecular formula is C14H21N. The minimum atomic E-state index is 0.230. The van der Waals surface area contributed by atoms with Gasteiger partial charge in [0.15, 0.2) is 0 Å². The van der Waals surface area contributed by atoms with Crippen molar-refractivity contribution < 1.29 is 0 Å². The smallest absolute Gasteiger partial charge is 0.0410 e. The largest absolute Gasteiger partial charge is 0.292 e. The predicted octanol–water partition coefficient (Wildman–Crippen LogP) is 3.96. The van der Waals surface area contributed by atoms with E-state index < -0.39 is 0 Å². The third-order valence-corrected chi connectivity index (χ3v) is 2.27. The van der Waals surface area contributed by atoms with Crippen molar-refractivity contribution >= 4 is 5.71 Å². The Hall–Kier alpha value is -1.37. The van der Waals surface area contributed by atoms with Crippen molar-refractivity contribution in [2.24, 2.45) is 10.9 Å². The summed E-state index contributed by atoms with van der Waals surface area (Å²) in [5, 5.41) is 0. The topological polar surface area (TPSA) is 12.4 Å². The van der Waals surface area contributed by atoms with Gasteiger partial charge in [0.2, 0.25) is 0 Å². The lowest BCUT2D eigenvalue weighted by molar-refractivity contribution is 0.949. The molecule has 0 amide bonds. The summed E-state index contributed by atoms with van der Waals surface area (Å²) in [6, 6.07) is 0. The van der Waals surface area contributed by atoms with Crippen LogP contribution in [-0.2, 0) is 0 Å². The van der Waals surface area contributed by atoms with E-state index in [-0.39, 0.29) is 5.92 Å². The van der Waals surface area contributed by atoms with Crippen molar-refractivity contribution in [1.82, 2.24) is 0 Å². The third kappa shape index (κ3) is 5.16. The fraction of sp³-hybridized carbons (Fsp3) is 0.357. The van der Waals surface area contributed by atoms with E-state index in [0.29, 0.717) is 0 Å². The van der Waals surface area contributed by atoms with Crippen LogP contribution >= 0.6 is 0 Å². The molecule has 1 unspecified atom stereocenters. The van der Waals surface area contributed by atoms with E-state index in [0.717, 1.165) is 23.3 Å². The molecule has 15 heavy (non-hydrogen) atoms. The number of rotatable bonds is 6. The van der Waals surface area contributed by atoms with Crippen LogP contribution in [0.1, 0.15) is 20.3 Å². The maximum atomic E-state index is 4.16. The van der Waals surface area contributed by atoms with Crippen LogP contribution < -0.4 is 0 Å². The van der Waals surface area contributed by atoms with E-state index in [2.05, 4.69) is 37.7 Å². The Morgan fingerprint density at radius 2 is 2.00 bits per heavy atom. The second-order valence-corrected chi connectivity index (χ2v) is 3.71. The molecule has 0 aromatic carbocycles. The fourth-order valence-electron chi connectivity index (χ4n) is 1.21. The molecule has 0 heterocycles. The maximum absolute atomic E-state index is 4.16. The van der Waals surface area contributed by atoms with Gasteiger partial charge in [0.25, 0.3) is 0 Å². The van der Waals surface area contributed by atoms with Crippen LogP contribution in [0.2, 0.25) is 0 Å². The van der Waals surface area contributed by atoms with Crippen LogP contribution in [0.15, 0.2) is 54.1 Å². The summed E-state index contributed by atoms with van der Waals surface area (Å²) in [6.07, 6.45) is 6.80. The molecule has 0 radical (unpaired) electrons. The first kappa shape index (κ1) is 13.6. The van der Waals surface area contributed by atoms with Crippen molar-refractivity contribution in [3.63, 3.8) is 0 Å². The molecule has 0 aliphatic rings. The lowest BCUT2D eigenvalue weighted by atomic mass is 9.96. The first-order chi connectivity index (χ1) is 7.02. The van der Waals surface area contributed by atoms with Gasteiger partial charge in [0.05, 0.1) is 0 Å². The Morgan fingerprint density at radius 3 is 2.40 bits per heavy atom. The Labute approximate surface area is 93.6 Å². The highest BCUT2D eigenvalue weighted by molar-refractivity contribution is 5.98. The lowest BCUT2D eigenvalue weighted by Crippen LogP contribution is -2.09. The first-order valence-electron chi connectivity index (χ1n) is 5.11. The Balaban J connectivity index is 4.39. The standard InChI is InChI=1S/C14H21N/c1-7-14(15-6)13(5)12(4)10-8-9-11(2)3/h7-8,10,13H,1-2,4,9H2,3,5-6H3/b10-8-,15-14?. The van der Waals surface area contributed by atoms with Crippen molar-refractivity contribution in [3.05, 3.63) is 49.1 Å². The fourth-order valence-corrected chi connectivity index (χ4v) is 1.21. The van der Waals surface area contributed by atoms with E-state index >= 15 is 0 Å². The number of allylic oxidation sites excluding steroid dienone is 5. The minimum Gasteiger partial charge on any atom is -0.292 e. The monoisotopic (exact) mass is 203 g/mol. The van der Waals surface area contributed by atoms with Gasteiger partial charge in [-0.2, -0.15) is 0 Å². The molecule has 82 valence electrons. The molecule has 0 aromatic rings. The summed E-state index contributed by atoms with van der Waals surface area (Å²) in [7, 11) is 1.78. The highest BCUT2D eigenvalue weighted by Gasteiger charge is 2.07.